The monoisotopic (exact) mass is 210 g/mol. The highest BCUT2D eigenvalue weighted by atomic mass is 16.2. The highest BCUT2D eigenvalue weighted by molar-refractivity contribution is 5.97. The molecule has 1 heterocycles. The molecule has 1 saturated heterocycles. The first-order chi connectivity index (χ1) is 7.04. The van der Waals surface area contributed by atoms with E-state index < -0.39 is 18.0 Å². The highest BCUT2D eigenvalue weighted by Gasteiger charge is 2.39. The van der Waals surface area contributed by atoms with E-state index in [9.17, 15) is 14.4 Å². The van der Waals surface area contributed by atoms with Crippen LogP contribution < -0.4 is 10.6 Å². The molecule has 0 aliphatic carbocycles. The van der Waals surface area contributed by atoms with E-state index >= 15 is 0 Å². The predicted molar refractivity (Wildman–Crippen MR) is 48.3 cm³/mol. The van der Waals surface area contributed by atoms with E-state index in [1.54, 1.807) is 0 Å². The number of nitrogens with one attached hydrogen (secondary N) is 2. The van der Waals surface area contributed by atoms with Crippen LogP contribution in [0.15, 0.2) is 0 Å². The summed E-state index contributed by atoms with van der Waals surface area (Å²) in [6.45, 7) is 1.37. The van der Waals surface area contributed by atoms with E-state index in [-0.39, 0.29) is 12.5 Å². The molecule has 1 aliphatic heterocycles. The molecule has 80 valence electrons. The molecule has 7 heteroatoms. The maximum absolute atomic E-state index is 11.2. The normalized spacial score (nSPS) is 17.6. The van der Waals surface area contributed by atoms with Crippen LogP contribution >= 0.6 is 0 Å². The van der Waals surface area contributed by atoms with Crippen molar-refractivity contribution >= 4 is 17.8 Å². The van der Waals surface area contributed by atoms with Crippen LogP contribution in [-0.4, -0.2) is 41.9 Å². The van der Waals surface area contributed by atoms with E-state index in [1.165, 1.54) is 11.8 Å². The Balaban J connectivity index is 2.24. The second-order valence-corrected chi connectivity index (χ2v) is 3.06. The standard InChI is InChI=1S/C8H10N4O3/c1-5(13)10-3-7(14)11-8(15)12-4-6(12)2-9/h6H,3-4H2,1H3,(H,10,13)(H,11,14,15). The van der Waals surface area contributed by atoms with E-state index in [1.807, 2.05) is 11.4 Å². The molecule has 0 aromatic rings. The molecule has 0 saturated carbocycles. The van der Waals surface area contributed by atoms with Gasteiger partial charge in [-0.15, -0.1) is 0 Å². The van der Waals surface area contributed by atoms with Gasteiger partial charge in [0.2, 0.25) is 11.8 Å². The number of amides is 4. The van der Waals surface area contributed by atoms with Gasteiger partial charge in [-0.3, -0.25) is 14.9 Å². The molecular formula is C8H10N4O3. The quantitative estimate of drug-likeness (QED) is 0.545. The van der Waals surface area contributed by atoms with Gasteiger partial charge in [-0.2, -0.15) is 5.26 Å². The first-order valence-electron chi connectivity index (χ1n) is 4.29. The van der Waals surface area contributed by atoms with Crippen molar-refractivity contribution < 1.29 is 14.4 Å². The van der Waals surface area contributed by atoms with E-state index in [0.717, 1.165) is 0 Å². The van der Waals surface area contributed by atoms with Gasteiger partial charge in [-0.25, -0.2) is 4.79 Å². The smallest absolute Gasteiger partial charge is 0.325 e. The van der Waals surface area contributed by atoms with Gasteiger partial charge in [0.1, 0.15) is 6.04 Å². The third-order valence-electron chi connectivity index (χ3n) is 1.77. The van der Waals surface area contributed by atoms with Crippen LogP contribution in [0.1, 0.15) is 6.92 Å². The van der Waals surface area contributed by atoms with Crippen molar-refractivity contribution in [2.75, 3.05) is 13.1 Å². The molecule has 0 bridgehead atoms. The van der Waals surface area contributed by atoms with Crippen molar-refractivity contribution in [2.45, 2.75) is 13.0 Å². The van der Waals surface area contributed by atoms with E-state index in [0.29, 0.717) is 6.54 Å². The highest BCUT2D eigenvalue weighted by Crippen LogP contribution is 2.15. The van der Waals surface area contributed by atoms with Crippen molar-refractivity contribution in [3.8, 4) is 6.07 Å². The lowest BCUT2D eigenvalue weighted by Crippen LogP contribution is -2.41. The Bertz CT molecular complexity index is 346. The molecule has 7 nitrogen and oxygen atoms in total. The number of imide groups is 1. The third-order valence-corrected chi connectivity index (χ3v) is 1.77. The molecule has 1 unspecified atom stereocenters. The summed E-state index contributed by atoms with van der Waals surface area (Å²) >= 11 is 0. The van der Waals surface area contributed by atoms with E-state index in [4.69, 9.17) is 5.26 Å². The Hall–Kier alpha value is -2.10. The summed E-state index contributed by atoms with van der Waals surface area (Å²) in [7, 11) is 0. The maximum atomic E-state index is 11.2. The summed E-state index contributed by atoms with van der Waals surface area (Å²) in [5.41, 5.74) is 0. The number of carbonyl (C=O) groups excluding carboxylic acids is 3. The SMILES string of the molecule is CC(=O)NCC(=O)NC(=O)N1CC1C#N. The average Bonchev–Trinajstić information content (AvgIpc) is 2.93. The van der Waals surface area contributed by atoms with Crippen LogP contribution in [0.25, 0.3) is 0 Å². The number of hydrogen-bond acceptors (Lipinski definition) is 4. The molecule has 2 N–H and O–H groups in total. The number of carbonyl (C=O) groups is 3. The van der Waals surface area contributed by atoms with Gasteiger partial charge < -0.3 is 10.2 Å². The maximum Gasteiger partial charge on any atom is 0.325 e. The van der Waals surface area contributed by atoms with Crippen LogP contribution in [-0.2, 0) is 9.59 Å². The molecule has 1 atom stereocenters. The molecule has 0 aromatic heterocycles. The molecule has 1 rings (SSSR count). The van der Waals surface area contributed by atoms with E-state index in [2.05, 4.69) is 5.32 Å². The second-order valence-electron chi connectivity index (χ2n) is 3.06. The van der Waals surface area contributed by atoms with Crippen LogP contribution in [0, 0.1) is 11.3 Å². The van der Waals surface area contributed by atoms with Crippen LogP contribution in [0.3, 0.4) is 0 Å². The molecule has 0 aromatic carbocycles. The minimum Gasteiger partial charge on any atom is -0.347 e. The molecule has 1 fully saturated rings. The first kappa shape index (κ1) is 11.0. The zero-order valence-electron chi connectivity index (χ0n) is 8.11. The Kier molecular flexibility index (Phi) is 3.23. The van der Waals surface area contributed by atoms with Crippen LogP contribution in [0.4, 0.5) is 4.79 Å². The van der Waals surface area contributed by atoms with Crippen molar-refractivity contribution in [3.63, 3.8) is 0 Å². The van der Waals surface area contributed by atoms with Crippen molar-refractivity contribution in [2.24, 2.45) is 0 Å². The molecule has 1 aliphatic rings. The summed E-state index contributed by atoms with van der Waals surface area (Å²) in [5, 5.41) is 12.7. The third kappa shape index (κ3) is 3.27. The van der Waals surface area contributed by atoms with Gasteiger partial charge >= 0.3 is 6.03 Å². The summed E-state index contributed by atoms with van der Waals surface area (Å²) in [6.07, 6.45) is 0. The fourth-order valence-electron chi connectivity index (χ4n) is 0.914. The summed E-state index contributed by atoms with van der Waals surface area (Å²) < 4.78 is 0. The Labute approximate surface area is 86.0 Å². The largest absolute Gasteiger partial charge is 0.347 e. The van der Waals surface area contributed by atoms with Gasteiger partial charge in [-0.05, 0) is 0 Å². The lowest BCUT2D eigenvalue weighted by Gasteiger charge is -2.04. The molecule has 15 heavy (non-hydrogen) atoms. The number of hydrogen-bond donors (Lipinski definition) is 2. The Morgan fingerprint density at radius 3 is 2.67 bits per heavy atom. The zero-order valence-corrected chi connectivity index (χ0v) is 8.11. The fraction of sp³-hybridized carbons (Fsp3) is 0.500. The lowest BCUT2D eigenvalue weighted by molar-refractivity contribution is -0.124. The average molecular weight is 210 g/mol. The molecule has 0 spiro atoms. The summed E-state index contributed by atoms with van der Waals surface area (Å²) in [4.78, 5) is 33.9. The first-order valence-corrected chi connectivity index (χ1v) is 4.29. The minimum atomic E-state index is -0.600. The molecule has 0 radical (unpaired) electrons. The molecular weight excluding hydrogens is 200 g/mol. The van der Waals surface area contributed by atoms with Crippen LogP contribution in [0.5, 0.6) is 0 Å². The fourth-order valence-corrected chi connectivity index (χ4v) is 0.914. The number of nitriles is 1. The number of urea groups is 1. The summed E-state index contributed by atoms with van der Waals surface area (Å²) in [5.74, 6) is -0.946. The van der Waals surface area contributed by atoms with Gasteiger partial charge in [0.15, 0.2) is 0 Å². The Morgan fingerprint density at radius 2 is 2.20 bits per heavy atom. The number of nitrogens with zero attached hydrogens (tertiary/aromatic N) is 2. The van der Waals surface area contributed by atoms with Gasteiger partial charge in [0.05, 0.1) is 19.2 Å². The molecule has 4 amide bonds. The van der Waals surface area contributed by atoms with Gasteiger partial charge in [0.25, 0.3) is 0 Å². The Morgan fingerprint density at radius 1 is 1.53 bits per heavy atom. The van der Waals surface area contributed by atoms with Crippen molar-refractivity contribution in [3.05, 3.63) is 0 Å². The van der Waals surface area contributed by atoms with Gasteiger partial charge in [-0.1, -0.05) is 0 Å². The van der Waals surface area contributed by atoms with Gasteiger partial charge in [0, 0.05) is 6.92 Å². The summed E-state index contributed by atoms with van der Waals surface area (Å²) in [6, 6.07) is 0.845. The second kappa shape index (κ2) is 4.41. The van der Waals surface area contributed by atoms with Crippen molar-refractivity contribution in [1.29, 1.82) is 5.26 Å². The van der Waals surface area contributed by atoms with Crippen molar-refractivity contribution in [1.82, 2.24) is 15.5 Å². The minimum absolute atomic E-state index is 0.244. The predicted octanol–water partition coefficient (Wildman–Crippen LogP) is -1.43. The zero-order chi connectivity index (χ0) is 11.4. The number of rotatable bonds is 2. The lowest BCUT2D eigenvalue weighted by atomic mass is 10.5. The van der Waals surface area contributed by atoms with Crippen LogP contribution in [0.2, 0.25) is 0 Å². The topological polar surface area (TPSA) is 102 Å².